The summed E-state index contributed by atoms with van der Waals surface area (Å²) in [5.74, 6) is 1.04. The Kier molecular flexibility index (Phi) is 8.44. The quantitative estimate of drug-likeness (QED) is 0.179. The van der Waals surface area contributed by atoms with Crippen molar-refractivity contribution in [1.29, 1.82) is 0 Å². The summed E-state index contributed by atoms with van der Waals surface area (Å²) in [6.07, 6.45) is 1.91. The number of nitrogens with zero attached hydrogens (tertiary/aromatic N) is 3. The molecule has 4 rings (SSSR count). The number of nitrogens with one attached hydrogen (secondary N) is 1. The molecular weight excluding hydrogens is 506 g/mol. The molecule has 0 aliphatic carbocycles. The second kappa shape index (κ2) is 11.7. The lowest BCUT2D eigenvalue weighted by Crippen LogP contribution is -2.11. The van der Waals surface area contributed by atoms with Gasteiger partial charge in [-0.15, -0.1) is 10.2 Å². The number of halogens is 3. The van der Waals surface area contributed by atoms with E-state index < -0.39 is 0 Å². The number of carbonyl (C=O) groups excluding carboxylic acids is 1. The van der Waals surface area contributed by atoms with Crippen LogP contribution in [-0.2, 0) is 4.79 Å². The number of rotatable bonds is 9. The molecule has 1 N–H and O–H groups in total. The van der Waals surface area contributed by atoms with Crippen LogP contribution in [0.15, 0.2) is 71.9 Å². The van der Waals surface area contributed by atoms with Crippen LogP contribution in [0.3, 0.4) is 0 Å². The molecule has 1 amide bonds. The molecule has 1 aromatic heterocycles. The SMILES string of the molecule is Cc1ccc(-c2nnc(SCCCCC(=O)Nc3ccc(F)cc3)n2-c2ccc(Cl)c(Cl)c2)cc1. The van der Waals surface area contributed by atoms with Crippen molar-refractivity contribution in [3.63, 3.8) is 0 Å². The van der Waals surface area contributed by atoms with Crippen LogP contribution in [0.25, 0.3) is 17.1 Å². The fourth-order valence-electron chi connectivity index (χ4n) is 3.42. The van der Waals surface area contributed by atoms with E-state index >= 15 is 0 Å². The Morgan fingerprint density at radius 1 is 0.971 bits per heavy atom. The van der Waals surface area contributed by atoms with Gasteiger partial charge in [0.05, 0.1) is 15.7 Å². The number of hydrogen-bond acceptors (Lipinski definition) is 4. The molecule has 0 aliphatic heterocycles. The standard InChI is InChI=1S/C26H23Cl2FN4OS/c1-17-5-7-18(8-6-17)25-31-32-26(33(25)21-13-14-22(27)23(28)16-21)35-15-3-2-4-24(34)30-20-11-9-19(29)10-12-20/h5-14,16H,2-4,15H2,1H3,(H,30,34). The molecule has 0 unspecified atom stereocenters. The van der Waals surface area contributed by atoms with Gasteiger partial charge in [-0.05, 0) is 62.2 Å². The van der Waals surface area contributed by atoms with Crippen LogP contribution in [-0.4, -0.2) is 26.4 Å². The van der Waals surface area contributed by atoms with E-state index in [1.54, 1.807) is 36.0 Å². The van der Waals surface area contributed by atoms with Crippen LogP contribution in [0.2, 0.25) is 10.0 Å². The van der Waals surface area contributed by atoms with Crippen LogP contribution >= 0.6 is 35.0 Å². The first-order valence-electron chi connectivity index (χ1n) is 11.1. The monoisotopic (exact) mass is 528 g/mol. The van der Waals surface area contributed by atoms with E-state index in [0.29, 0.717) is 34.4 Å². The molecule has 35 heavy (non-hydrogen) atoms. The summed E-state index contributed by atoms with van der Waals surface area (Å²) in [6, 6.07) is 19.3. The molecule has 0 bridgehead atoms. The van der Waals surface area contributed by atoms with Crippen molar-refractivity contribution in [2.24, 2.45) is 0 Å². The summed E-state index contributed by atoms with van der Waals surface area (Å²) >= 11 is 14.0. The fraction of sp³-hybridized carbons (Fsp3) is 0.192. The zero-order chi connectivity index (χ0) is 24.8. The van der Waals surface area contributed by atoms with Crippen LogP contribution < -0.4 is 5.32 Å². The third-order valence-electron chi connectivity index (χ3n) is 5.26. The Balaban J connectivity index is 1.41. The van der Waals surface area contributed by atoms with Gasteiger partial charge < -0.3 is 5.32 Å². The zero-order valence-electron chi connectivity index (χ0n) is 19.0. The van der Waals surface area contributed by atoms with Crippen LogP contribution in [0.1, 0.15) is 24.8 Å². The topological polar surface area (TPSA) is 59.8 Å². The van der Waals surface area contributed by atoms with Gasteiger partial charge in [0, 0.05) is 23.4 Å². The van der Waals surface area contributed by atoms with Crippen molar-refractivity contribution < 1.29 is 9.18 Å². The number of benzene rings is 3. The minimum absolute atomic E-state index is 0.0951. The first-order chi connectivity index (χ1) is 16.9. The van der Waals surface area contributed by atoms with Gasteiger partial charge >= 0.3 is 0 Å². The van der Waals surface area contributed by atoms with Gasteiger partial charge in [-0.3, -0.25) is 9.36 Å². The number of aryl methyl sites for hydroxylation is 1. The molecule has 5 nitrogen and oxygen atoms in total. The Bertz CT molecular complexity index is 1310. The maximum absolute atomic E-state index is 13.0. The highest BCUT2D eigenvalue weighted by atomic mass is 35.5. The van der Waals surface area contributed by atoms with Crippen molar-refractivity contribution in [2.45, 2.75) is 31.3 Å². The van der Waals surface area contributed by atoms with Gasteiger partial charge in [0.15, 0.2) is 11.0 Å². The molecule has 0 aliphatic rings. The van der Waals surface area contributed by atoms with Gasteiger partial charge in [-0.25, -0.2) is 4.39 Å². The summed E-state index contributed by atoms with van der Waals surface area (Å²) in [6.45, 7) is 2.04. The first kappa shape index (κ1) is 25.2. The average molecular weight is 529 g/mol. The van der Waals surface area contributed by atoms with Crippen LogP contribution in [0.5, 0.6) is 0 Å². The predicted molar refractivity (Wildman–Crippen MR) is 141 cm³/mol. The predicted octanol–water partition coefficient (Wildman–Crippen LogP) is 7.59. The average Bonchev–Trinajstić information content (AvgIpc) is 3.26. The normalized spacial score (nSPS) is 11.0. The Morgan fingerprint density at radius 3 is 2.43 bits per heavy atom. The summed E-state index contributed by atoms with van der Waals surface area (Å²) in [5.41, 5.74) is 3.51. The molecule has 1 heterocycles. The third-order valence-corrected chi connectivity index (χ3v) is 7.02. The minimum atomic E-state index is -0.334. The number of amides is 1. The second-order valence-electron chi connectivity index (χ2n) is 7.97. The molecule has 0 saturated carbocycles. The largest absolute Gasteiger partial charge is 0.326 e. The molecule has 180 valence electrons. The summed E-state index contributed by atoms with van der Waals surface area (Å²) in [5, 5.41) is 13.3. The maximum atomic E-state index is 13.0. The summed E-state index contributed by atoms with van der Waals surface area (Å²) in [4.78, 5) is 12.2. The zero-order valence-corrected chi connectivity index (χ0v) is 21.3. The molecule has 0 fully saturated rings. The van der Waals surface area contributed by atoms with Crippen LogP contribution in [0, 0.1) is 12.7 Å². The van der Waals surface area contributed by atoms with Gasteiger partial charge in [0.2, 0.25) is 5.91 Å². The molecule has 0 atom stereocenters. The Labute approximate surface area is 217 Å². The third kappa shape index (κ3) is 6.63. The maximum Gasteiger partial charge on any atom is 0.224 e. The van der Waals surface area contributed by atoms with Gasteiger partial charge in [-0.1, -0.05) is 64.8 Å². The van der Waals surface area contributed by atoms with Gasteiger partial charge in [0.1, 0.15) is 5.82 Å². The van der Waals surface area contributed by atoms with Crippen molar-refractivity contribution in [3.8, 4) is 17.1 Å². The highest BCUT2D eigenvalue weighted by Crippen LogP contribution is 2.32. The number of anilines is 1. The van der Waals surface area contributed by atoms with E-state index in [9.17, 15) is 9.18 Å². The molecule has 3 aromatic carbocycles. The lowest BCUT2D eigenvalue weighted by atomic mass is 10.1. The smallest absolute Gasteiger partial charge is 0.224 e. The van der Waals surface area contributed by atoms with Crippen molar-refractivity contribution in [3.05, 3.63) is 88.2 Å². The summed E-state index contributed by atoms with van der Waals surface area (Å²) < 4.78 is 15.0. The number of aromatic nitrogens is 3. The molecule has 4 aromatic rings. The van der Waals surface area contributed by atoms with Crippen molar-refractivity contribution >= 4 is 46.6 Å². The van der Waals surface area contributed by atoms with E-state index in [0.717, 1.165) is 34.1 Å². The molecule has 0 spiro atoms. The van der Waals surface area contributed by atoms with E-state index in [1.165, 1.54) is 12.1 Å². The van der Waals surface area contributed by atoms with Crippen molar-refractivity contribution in [2.75, 3.05) is 11.1 Å². The highest BCUT2D eigenvalue weighted by Gasteiger charge is 2.17. The minimum Gasteiger partial charge on any atom is -0.326 e. The summed E-state index contributed by atoms with van der Waals surface area (Å²) in [7, 11) is 0. The van der Waals surface area contributed by atoms with E-state index in [2.05, 4.69) is 15.5 Å². The number of carbonyl (C=O) groups is 1. The Hall–Kier alpha value is -2.87. The lowest BCUT2D eigenvalue weighted by molar-refractivity contribution is -0.116. The second-order valence-corrected chi connectivity index (χ2v) is 9.84. The first-order valence-corrected chi connectivity index (χ1v) is 12.8. The number of hydrogen-bond donors (Lipinski definition) is 1. The number of unbranched alkanes of at least 4 members (excludes halogenated alkanes) is 1. The van der Waals surface area contributed by atoms with E-state index in [1.807, 2.05) is 41.8 Å². The van der Waals surface area contributed by atoms with Crippen LogP contribution in [0.4, 0.5) is 10.1 Å². The number of thioether (sulfide) groups is 1. The molecular formula is C26H23Cl2FN4OS. The fourth-order valence-corrected chi connectivity index (χ4v) is 4.66. The van der Waals surface area contributed by atoms with E-state index in [-0.39, 0.29) is 11.7 Å². The van der Waals surface area contributed by atoms with Gasteiger partial charge in [-0.2, -0.15) is 0 Å². The van der Waals surface area contributed by atoms with E-state index in [4.69, 9.17) is 23.2 Å². The Morgan fingerprint density at radius 2 is 1.71 bits per heavy atom. The molecule has 0 saturated heterocycles. The van der Waals surface area contributed by atoms with Gasteiger partial charge in [0.25, 0.3) is 0 Å². The highest BCUT2D eigenvalue weighted by molar-refractivity contribution is 7.99. The molecule has 9 heteroatoms. The lowest BCUT2D eigenvalue weighted by Gasteiger charge is -2.11. The molecule has 0 radical (unpaired) electrons. The van der Waals surface area contributed by atoms with Crippen molar-refractivity contribution in [1.82, 2.24) is 14.8 Å².